The molecule has 30 heavy (non-hydrogen) atoms. The molecule has 0 bridgehead atoms. The summed E-state index contributed by atoms with van der Waals surface area (Å²) >= 11 is 0. The smallest absolute Gasteiger partial charge is 0.335 e. The topological polar surface area (TPSA) is 132 Å². The van der Waals surface area contributed by atoms with Crippen molar-refractivity contribution in [3.8, 4) is 0 Å². The molecule has 1 saturated heterocycles. The third-order valence-corrected chi connectivity index (χ3v) is 4.19. The normalized spacial score (nSPS) is 16.0. The maximum absolute atomic E-state index is 11.7. The summed E-state index contributed by atoms with van der Waals surface area (Å²) in [6, 6.07) is 0. The summed E-state index contributed by atoms with van der Waals surface area (Å²) in [5.41, 5.74) is 0.463. The van der Waals surface area contributed by atoms with Crippen molar-refractivity contribution < 1.29 is 39.7 Å². The van der Waals surface area contributed by atoms with Crippen LogP contribution in [-0.4, -0.2) is 79.1 Å². The zero-order chi connectivity index (χ0) is 21.9. The van der Waals surface area contributed by atoms with Crippen LogP contribution in [0.15, 0.2) is 24.4 Å². The molecule has 166 valence electrons. The number of hydrogen-bond donors (Lipinski definition) is 1. The van der Waals surface area contributed by atoms with E-state index in [2.05, 4.69) is 11.9 Å². The van der Waals surface area contributed by atoms with E-state index in [4.69, 9.17) is 14.3 Å². The summed E-state index contributed by atoms with van der Waals surface area (Å²) in [6.07, 6.45) is 3.12. The molecule has 4 amide bonds. The molecule has 0 radical (unpaired) electrons. The lowest BCUT2D eigenvalue weighted by Crippen LogP contribution is -2.35. The first kappa shape index (κ1) is 23.2. The Morgan fingerprint density at radius 3 is 2.30 bits per heavy atom. The van der Waals surface area contributed by atoms with E-state index in [-0.39, 0.29) is 72.0 Å². The molecule has 0 aromatic rings. The Balaban J connectivity index is 0.00000480. The van der Waals surface area contributed by atoms with Crippen molar-refractivity contribution in [2.75, 3.05) is 39.5 Å². The zero-order valence-electron chi connectivity index (χ0n) is 16.6. The van der Waals surface area contributed by atoms with E-state index >= 15 is 0 Å². The molecule has 2 heterocycles. The predicted octanol–water partition coefficient (Wildman–Crippen LogP) is -0.319. The first-order valence-corrected chi connectivity index (χ1v) is 9.55. The zero-order valence-corrected chi connectivity index (χ0v) is 16.6. The minimum atomic E-state index is -0.580. The van der Waals surface area contributed by atoms with Crippen molar-refractivity contribution >= 4 is 29.6 Å². The number of amides is 4. The Kier molecular flexibility index (Phi) is 9.16. The predicted molar refractivity (Wildman–Crippen MR) is 103 cm³/mol. The van der Waals surface area contributed by atoms with Gasteiger partial charge in [0.1, 0.15) is 0 Å². The molecule has 0 spiro atoms. The second-order valence-corrected chi connectivity index (χ2v) is 6.45. The minimum Gasteiger partial charge on any atom is -0.378 e. The van der Waals surface area contributed by atoms with Gasteiger partial charge < -0.3 is 19.6 Å². The molecule has 2 aliphatic heterocycles. The second-order valence-electron chi connectivity index (χ2n) is 6.45. The molecular formula is C19H27N3O8. The molecule has 1 fully saturated rings. The first-order valence-electron chi connectivity index (χ1n) is 9.55. The van der Waals surface area contributed by atoms with E-state index in [1.165, 1.54) is 12.2 Å². The lowest BCUT2D eigenvalue weighted by molar-refractivity contribution is -0.187. The van der Waals surface area contributed by atoms with E-state index < -0.39 is 17.8 Å². The third-order valence-electron chi connectivity index (χ3n) is 4.19. The van der Waals surface area contributed by atoms with Gasteiger partial charge in [0.2, 0.25) is 5.91 Å². The van der Waals surface area contributed by atoms with E-state index in [9.17, 15) is 24.0 Å². The minimum absolute atomic E-state index is 0. The van der Waals surface area contributed by atoms with Crippen LogP contribution in [0.3, 0.4) is 0 Å². The SMILES string of the molecule is C=C1CCC(=O)N1OC(=O)CCOCCOCCNC(=O)CCN1C(=O)C=CC1=O.[HH]. The van der Waals surface area contributed by atoms with Gasteiger partial charge >= 0.3 is 5.97 Å². The largest absolute Gasteiger partial charge is 0.378 e. The van der Waals surface area contributed by atoms with Crippen molar-refractivity contribution in [3.63, 3.8) is 0 Å². The Labute approximate surface area is 175 Å². The summed E-state index contributed by atoms with van der Waals surface area (Å²) < 4.78 is 10.5. The van der Waals surface area contributed by atoms with Gasteiger partial charge in [-0.15, -0.1) is 5.06 Å². The van der Waals surface area contributed by atoms with Gasteiger partial charge in [-0.2, -0.15) is 0 Å². The highest BCUT2D eigenvalue weighted by molar-refractivity contribution is 6.13. The van der Waals surface area contributed by atoms with Crippen LogP contribution < -0.4 is 5.32 Å². The van der Waals surface area contributed by atoms with Gasteiger partial charge in [0.25, 0.3) is 17.7 Å². The van der Waals surface area contributed by atoms with Crippen molar-refractivity contribution in [3.05, 3.63) is 24.4 Å². The average molecular weight is 425 g/mol. The Bertz CT molecular complexity index is 706. The van der Waals surface area contributed by atoms with E-state index in [0.29, 0.717) is 12.1 Å². The molecule has 2 aliphatic rings. The van der Waals surface area contributed by atoms with Crippen LogP contribution >= 0.6 is 0 Å². The number of nitrogens with one attached hydrogen (secondary N) is 1. The van der Waals surface area contributed by atoms with Crippen LogP contribution in [-0.2, 0) is 38.3 Å². The van der Waals surface area contributed by atoms with Crippen LogP contribution in [0.5, 0.6) is 0 Å². The fourth-order valence-electron chi connectivity index (χ4n) is 2.59. The Hall–Kier alpha value is -3.05. The maximum atomic E-state index is 11.7. The van der Waals surface area contributed by atoms with Gasteiger partial charge in [0, 0.05) is 39.5 Å². The lowest BCUT2D eigenvalue weighted by atomic mass is 10.3. The number of carbonyl (C=O) groups is 5. The maximum Gasteiger partial charge on any atom is 0.335 e. The quantitative estimate of drug-likeness (QED) is 0.314. The summed E-state index contributed by atoms with van der Waals surface area (Å²) in [4.78, 5) is 63.4. The summed E-state index contributed by atoms with van der Waals surface area (Å²) in [5.74, 6) is -1.99. The summed E-state index contributed by atoms with van der Waals surface area (Å²) in [7, 11) is 0. The molecule has 0 aliphatic carbocycles. The number of ether oxygens (including phenoxy) is 2. The monoisotopic (exact) mass is 425 g/mol. The van der Waals surface area contributed by atoms with Crippen molar-refractivity contribution in [1.29, 1.82) is 0 Å². The molecule has 2 rings (SSSR count). The molecular weight excluding hydrogens is 398 g/mol. The van der Waals surface area contributed by atoms with Gasteiger partial charge in [-0.25, -0.2) is 4.79 Å². The fraction of sp³-hybridized carbons (Fsp3) is 0.526. The molecule has 0 atom stereocenters. The molecule has 0 aromatic heterocycles. The van der Waals surface area contributed by atoms with Crippen LogP contribution in [0.25, 0.3) is 0 Å². The Morgan fingerprint density at radius 1 is 1.00 bits per heavy atom. The highest BCUT2D eigenvalue weighted by Gasteiger charge is 2.28. The number of allylic oxidation sites excluding steroid dienone is 1. The number of nitrogens with zero attached hydrogens (tertiary/aromatic N) is 2. The third kappa shape index (κ3) is 7.41. The van der Waals surface area contributed by atoms with Crippen LogP contribution in [0, 0.1) is 0 Å². The van der Waals surface area contributed by atoms with Crippen LogP contribution in [0.2, 0.25) is 0 Å². The highest BCUT2D eigenvalue weighted by atomic mass is 16.7. The van der Waals surface area contributed by atoms with Crippen molar-refractivity contribution in [2.45, 2.75) is 25.7 Å². The van der Waals surface area contributed by atoms with Crippen molar-refractivity contribution in [1.82, 2.24) is 15.3 Å². The Morgan fingerprint density at radius 2 is 1.67 bits per heavy atom. The molecule has 0 unspecified atom stereocenters. The van der Waals surface area contributed by atoms with Gasteiger partial charge in [0.05, 0.1) is 38.5 Å². The molecule has 0 saturated carbocycles. The molecule has 1 N–H and O–H groups in total. The number of imide groups is 1. The molecule has 11 heteroatoms. The van der Waals surface area contributed by atoms with E-state index in [0.717, 1.165) is 9.96 Å². The van der Waals surface area contributed by atoms with Gasteiger partial charge in [-0.05, 0) is 6.42 Å². The summed E-state index contributed by atoms with van der Waals surface area (Å²) in [6.45, 7) is 4.87. The van der Waals surface area contributed by atoms with E-state index in [1.807, 2.05) is 0 Å². The summed E-state index contributed by atoms with van der Waals surface area (Å²) in [5, 5.41) is 3.55. The van der Waals surface area contributed by atoms with Crippen LogP contribution in [0.4, 0.5) is 0 Å². The highest BCUT2D eigenvalue weighted by Crippen LogP contribution is 2.20. The fourth-order valence-corrected chi connectivity index (χ4v) is 2.59. The second kappa shape index (κ2) is 11.8. The first-order chi connectivity index (χ1) is 14.4. The van der Waals surface area contributed by atoms with Crippen molar-refractivity contribution in [2.24, 2.45) is 0 Å². The number of rotatable bonds is 13. The average Bonchev–Trinajstić information content (AvgIpc) is 3.20. The van der Waals surface area contributed by atoms with Gasteiger partial charge in [0.15, 0.2) is 0 Å². The molecule has 0 aromatic carbocycles. The number of hydrogen-bond acceptors (Lipinski definition) is 8. The number of carbonyl (C=O) groups excluding carboxylic acids is 5. The van der Waals surface area contributed by atoms with Gasteiger partial charge in [-0.3, -0.25) is 24.1 Å². The van der Waals surface area contributed by atoms with E-state index in [1.54, 1.807) is 0 Å². The lowest BCUT2D eigenvalue weighted by Gasteiger charge is -2.15. The number of hydroxylamine groups is 2. The van der Waals surface area contributed by atoms with Gasteiger partial charge in [-0.1, -0.05) is 6.58 Å². The molecule has 11 nitrogen and oxygen atoms in total. The standard InChI is InChI=1S/C19H25N3O8.H2/c1-14-2-3-18(26)22(14)30-19(27)7-10-28-12-13-29-11-8-20-15(23)6-9-21-16(24)4-5-17(21)25;/h4-5H,1-3,6-13H2,(H,20,23);1H. The van der Waals surface area contributed by atoms with Crippen LogP contribution in [0.1, 0.15) is 27.1 Å².